The van der Waals surface area contributed by atoms with Crippen LogP contribution < -0.4 is 15.8 Å². The Morgan fingerprint density at radius 3 is 3.12 bits per heavy atom. The zero-order valence-corrected chi connectivity index (χ0v) is 8.95. The molecule has 1 aliphatic rings. The maximum Gasteiger partial charge on any atom is 0.262 e. The van der Waals surface area contributed by atoms with Crippen LogP contribution >= 0.6 is 0 Å². The summed E-state index contributed by atoms with van der Waals surface area (Å²) in [6, 6.07) is 5.16. The van der Waals surface area contributed by atoms with Crippen molar-refractivity contribution in [2.24, 2.45) is 5.73 Å². The molecule has 0 aromatic heterocycles. The zero-order chi connectivity index (χ0) is 12.3. The number of benzene rings is 1. The summed E-state index contributed by atoms with van der Waals surface area (Å²) in [7, 11) is 0. The fraction of sp³-hybridized carbons (Fsp3) is 0.167. The number of anilines is 1. The lowest BCUT2D eigenvalue weighted by atomic mass is 10.1. The van der Waals surface area contributed by atoms with E-state index in [1.165, 1.54) is 0 Å². The number of hydrogen-bond donors (Lipinski definition) is 2. The molecule has 2 amide bonds. The van der Waals surface area contributed by atoms with Gasteiger partial charge in [-0.2, -0.15) is 0 Å². The van der Waals surface area contributed by atoms with Crippen LogP contribution in [0.2, 0.25) is 0 Å². The van der Waals surface area contributed by atoms with E-state index >= 15 is 0 Å². The Hall–Kier alpha value is -2.48. The minimum Gasteiger partial charge on any atom is -0.482 e. The number of nitrogens with two attached hydrogens (primary N) is 1. The molecule has 5 heteroatoms. The van der Waals surface area contributed by atoms with Crippen molar-refractivity contribution in [3.8, 4) is 17.6 Å². The van der Waals surface area contributed by atoms with Crippen molar-refractivity contribution >= 4 is 17.5 Å². The first-order chi connectivity index (χ1) is 8.15. The van der Waals surface area contributed by atoms with Gasteiger partial charge >= 0.3 is 0 Å². The highest BCUT2D eigenvalue weighted by atomic mass is 16.5. The van der Waals surface area contributed by atoms with Crippen molar-refractivity contribution in [1.82, 2.24) is 0 Å². The summed E-state index contributed by atoms with van der Waals surface area (Å²) >= 11 is 0. The predicted octanol–water partition coefficient (Wildman–Crippen LogP) is 0.244. The summed E-state index contributed by atoms with van der Waals surface area (Å²) in [6.45, 7) is 0.00513. The van der Waals surface area contributed by atoms with Crippen molar-refractivity contribution in [2.75, 3.05) is 11.9 Å². The Morgan fingerprint density at radius 2 is 2.35 bits per heavy atom. The summed E-state index contributed by atoms with van der Waals surface area (Å²) in [6.07, 6.45) is 0.0225. The van der Waals surface area contributed by atoms with Gasteiger partial charge in [-0.25, -0.2) is 0 Å². The van der Waals surface area contributed by atoms with Crippen LogP contribution in [0.25, 0.3) is 0 Å². The van der Waals surface area contributed by atoms with Gasteiger partial charge in [-0.05, 0) is 18.2 Å². The van der Waals surface area contributed by atoms with Gasteiger partial charge in [0, 0.05) is 5.56 Å². The molecule has 0 bridgehead atoms. The van der Waals surface area contributed by atoms with Crippen molar-refractivity contribution in [1.29, 1.82) is 0 Å². The number of carbonyl (C=O) groups excluding carboxylic acids is 2. The average Bonchev–Trinajstić information content (AvgIpc) is 2.29. The lowest BCUT2D eigenvalue weighted by molar-refractivity contribution is -0.119. The topological polar surface area (TPSA) is 81.4 Å². The SMILES string of the molecule is NC(=O)CC#Cc1ccc2c(c1)OCC(=O)N2. The molecule has 17 heavy (non-hydrogen) atoms. The van der Waals surface area contributed by atoms with E-state index in [0.717, 1.165) is 0 Å². The monoisotopic (exact) mass is 230 g/mol. The quantitative estimate of drug-likeness (QED) is 0.678. The molecule has 0 radical (unpaired) electrons. The molecule has 1 aromatic rings. The molecule has 1 aromatic carbocycles. The van der Waals surface area contributed by atoms with Gasteiger partial charge in [-0.15, -0.1) is 0 Å². The highest BCUT2D eigenvalue weighted by Gasteiger charge is 2.15. The first-order valence-corrected chi connectivity index (χ1v) is 4.99. The van der Waals surface area contributed by atoms with E-state index in [9.17, 15) is 9.59 Å². The van der Waals surface area contributed by atoms with Gasteiger partial charge in [0.05, 0.1) is 12.1 Å². The van der Waals surface area contributed by atoms with Gasteiger partial charge in [-0.1, -0.05) is 11.8 Å². The Labute approximate surface area is 97.9 Å². The number of hydrogen-bond acceptors (Lipinski definition) is 3. The molecule has 86 valence electrons. The van der Waals surface area contributed by atoms with Gasteiger partial charge in [-0.3, -0.25) is 9.59 Å². The lowest BCUT2D eigenvalue weighted by Crippen LogP contribution is -2.25. The predicted molar refractivity (Wildman–Crippen MR) is 61.3 cm³/mol. The molecule has 1 heterocycles. The average molecular weight is 230 g/mol. The Morgan fingerprint density at radius 1 is 1.53 bits per heavy atom. The number of fused-ring (bicyclic) bond motifs is 1. The second-order valence-corrected chi connectivity index (χ2v) is 3.49. The largest absolute Gasteiger partial charge is 0.482 e. The maximum atomic E-state index is 11.0. The lowest BCUT2D eigenvalue weighted by Gasteiger charge is -2.17. The fourth-order valence-corrected chi connectivity index (χ4v) is 1.39. The zero-order valence-electron chi connectivity index (χ0n) is 8.95. The van der Waals surface area contributed by atoms with E-state index in [1.54, 1.807) is 18.2 Å². The number of amides is 2. The van der Waals surface area contributed by atoms with Gasteiger partial charge in [0.1, 0.15) is 5.75 Å². The van der Waals surface area contributed by atoms with Crippen LogP contribution in [0, 0.1) is 11.8 Å². The molecule has 1 aliphatic heterocycles. The molecule has 0 saturated carbocycles. The molecule has 5 nitrogen and oxygen atoms in total. The smallest absolute Gasteiger partial charge is 0.262 e. The van der Waals surface area contributed by atoms with E-state index in [-0.39, 0.29) is 18.9 Å². The summed E-state index contributed by atoms with van der Waals surface area (Å²) in [5, 5.41) is 2.68. The minimum atomic E-state index is -0.459. The number of ether oxygens (including phenoxy) is 1. The molecule has 0 fully saturated rings. The van der Waals surface area contributed by atoms with Crippen molar-refractivity contribution in [3.63, 3.8) is 0 Å². The third-order valence-electron chi connectivity index (χ3n) is 2.11. The van der Waals surface area contributed by atoms with Crippen LogP contribution in [0.15, 0.2) is 18.2 Å². The van der Waals surface area contributed by atoms with E-state index in [1.807, 2.05) is 0 Å². The highest BCUT2D eigenvalue weighted by Crippen LogP contribution is 2.28. The second kappa shape index (κ2) is 4.58. The van der Waals surface area contributed by atoms with Crippen molar-refractivity contribution in [2.45, 2.75) is 6.42 Å². The molecule has 0 atom stereocenters. The number of primary amides is 1. The van der Waals surface area contributed by atoms with Crippen LogP contribution in [0.3, 0.4) is 0 Å². The first-order valence-electron chi connectivity index (χ1n) is 4.99. The molecule has 0 spiro atoms. The van der Waals surface area contributed by atoms with E-state index in [0.29, 0.717) is 17.0 Å². The molecule has 0 saturated heterocycles. The van der Waals surface area contributed by atoms with Crippen molar-refractivity contribution < 1.29 is 14.3 Å². The van der Waals surface area contributed by atoms with Gasteiger partial charge < -0.3 is 15.8 Å². The normalized spacial score (nSPS) is 12.6. The number of rotatable bonds is 1. The Balaban J connectivity index is 2.18. The fourth-order valence-electron chi connectivity index (χ4n) is 1.39. The standard InChI is InChI=1S/C12H10N2O3/c13-11(15)3-1-2-8-4-5-9-10(6-8)17-7-12(16)14-9/h4-6H,3,7H2,(H2,13,15)(H,14,16). The number of carbonyl (C=O) groups is 2. The molecular weight excluding hydrogens is 220 g/mol. The molecular formula is C12H10N2O3. The van der Waals surface area contributed by atoms with Crippen LogP contribution in [0.1, 0.15) is 12.0 Å². The van der Waals surface area contributed by atoms with Crippen molar-refractivity contribution in [3.05, 3.63) is 23.8 Å². The van der Waals surface area contributed by atoms with Crippen LogP contribution in [0.4, 0.5) is 5.69 Å². The summed E-state index contributed by atoms with van der Waals surface area (Å²) < 4.78 is 5.23. The van der Waals surface area contributed by atoms with Crippen LogP contribution in [-0.4, -0.2) is 18.4 Å². The summed E-state index contributed by atoms with van der Waals surface area (Å²) in [5.74, 6) is 5.39. The number of nitrogens with one attached hydrogen (secondary N) is 1. The highest BCUT2D eigenvalue weighted by molar-refractivity contribution is 5.95. The maximum absolute atomic E-state index is 11.0. The van der Waals surface area contributed by atoms with Crippen LogP contribution in [-0.2, 0) is 9.59 Å². The third kappa shape index (κ3) is 2.75. The van der Waals surface area contributed by atoms with E-state index < -0.39 is 5.91 Å². The van der Waals surface area contributed by atoms with Gasteiger partial charge in [0.2, 0.25) is 5.91 Å². The minimum absolute atomic E-state index is 0.00513. The first kappa shape index (κ1) is 11.0. The molecule has 3 N–H and O–H groups in total. The summed E-state index contributed by atoms with van der Waals surface area (Å²) in [5.41, 5.74) is 6.31. The third-order valence-corrected chi connectivity index (χ3v) is 2.11. The molecule has 2 rings (SSSR count). The molecule has 0 aliphatic carbocycles. The van der Waals surface area contributed by atoms with Crippen LogP contribution in [0.5, 0.6) is 5.75 Å². The van der Waals surface area contributed by atoms with E-state index in [2.05, 4.69) is 17.2 Å². The van der Waals surface area contributed by atoms with Gasteiger partial charge in [0.25, 0.3) is 5.91 Å². The second-order valence-electron chi connectivity index (χ2n) is 3.49. The summed E-state index contributed by atoms with van der Waals surface area (Å²) in [4.78, 5) is 21.5. The van der Waals surface area contributed by atoms with Gasteiger partial charge in [0.15, 0.2) is 6.61 Å². The molecule has 0 unspecified atom stereocenters. The Bertz CT molecular complexity index is 540. The Kier molecular flexibility index (Phi) is 2.97. The van der Waals surface area contributed by atoms with E-state index in [4.69, 9.17) is 10.5 Å².